The van der Waals surface area contributed by atoms with Crippen LogP contribution < -0.4 is 11.1 Å². The maximum atomic E-state index is 12.7. The van der Waals surface area contributed by atoms with Gasteiger partial charge < -0.3 is 16.2 Å². The van der Waals surface area contributed by atoms with Gasteiger partial charge >= 0.3 is 6.18 Å². The van der Waals surface area contributed by atoms with Crippen LogP contribution in [-0.2, 0) is 11.2 Å². The first-order chi connectivity index (χ1) is 9.14. The van der Waals surface area contributed by atoms with Crippen molar-refractivity contribution >= 4 is 5.91 Å². The van der Waals surface area contributed by atoms with Gasteiger partial charge in [0.2, 0.25) is 5.91 Å². The molecule has 4 N–H and O–H groups in total. The minimum absolute atomic E-state index is 0.286. The number of hydrogen-bond donors (Lipinski definition) is 3. The number of aliphatic hydroxyl groups excluding tert-OH is 1. The van der Waals surface area contributed by atoms with E-state index in [1.54, 1.807) is 24.3 Å². The van der Waals surface area contributed by atoms with Crippen LogP contribution in [0, 0.1) is 0 Å². The SMILES string of the molecule is CC(N)(C(=O)N[C@H]1c2ccccc2C[C@H]1O)C(F)(F)F. The van der Waals surface area contributed by atoms with Gasteiger partial charge in [-0.25, -0.2) is 0 Å². The second-order valence-corrected chi connectivity index (χ2v) is 5.12. The van der Waals surface area contributed by atoms with E-state index >= 15 is 0 Å². The fraction of sp³-hybridized carbons (Fsp3) is 0.462. The molecule has 2 rings (SSSR count). The van der Waals surface area contributed by atoms with Crippen LogP contribution in [0.15, 0.2) is 24.3 Å². The van der Waals surface area contributed by atoms with Crippen LogP contribution in [0.2, 0.25) is 0 Å². The molecule has 0 radical (unpaired) electrons. The molecule has 0 saturated carbocycles. The van der Waals surface area contributed by atoms with Crippen molar-refractivity contribution in [1.82, 2.24) is 5.32 Å². The van der Waals surface area contributed by atoms with Crippen LogP contribution in [0.25, 0.3) is 0 Å². The van der Waals surface area contributed by atoms with Crippen molar-refractivity contribution in [1.29, 1.82) is 0 Å². The highest BCUT2D eigenvalue weighted by Gasteiger charge is 2.54. The number of rotatable bonds is 2. The average Bonchev–Trinajstić information content (AvgIpc) is 2.64. The van der Waals surface area contributed by atoms with Crippen molar-refractivity contribution in [2.45, 2.75) is 37.2 Å². The van der Waals surface area contributed by atoms with Gasteiger partial charge in [0.25, 0.3) is 0 Å². The lowest BCUT2D eigenvalue weighted by Gasteiger charge is -2.29. The summed E-state index contributed by atoms with van der Waals surface area (Å²) in [7, 11) is 0. The van der Waals surface area contributed by atoms with Gasteiger partial charge in [-0.3, -0.25) is 4.79 Å². The summed E-state index contributed by atoms with van der Waals surface area (Å²) in [5.74, 6) is -1.36. The highest BCUT2D eigenvalue weighted by Crippen LogP contribution is 2.33. The zero-order chi connectivity index (χ0) is 15.1. The molecule has 0 aromatic heterocycles. The van der Waals surface area contributed by atoms with E-state index < -0.39 is 29.8 Å². The molecule has 1 unspecified atom stereocenters. The molecule has 0 saturated heterocycles. The zero-order valence-corrected chi connectivity index (χ0v) is 10.7. The van der Waals surface area contributed by atoms with Crippen molar-refractivity contribution in [2.24, 2.45) is 5.73 Å². The number of amides is 1. The molecule has 4 nitrogen and oxygen atoms in total. The maximum absolute atomic E-state index is 12.7. The first-order valence-corrected chi connectivity index (χ1v) is 6.07. The summed E-state index contributed by atoms with van der Waals surface area (Å²) >= 11 is 0. The quantitative estimate of drug-likeness (QED) is 0.761. The van der Waals surface area contributed by atoms with Gasteiger partial charge in [0.1, 0.15) is 0 Å². The van der Waals surface area contributed by atoms with Crippen LogP contribution in [0.5, 0.6) is 0 Å². The third-order valence-corrected chi connectivity index (χ3v) is 3.55. The van der Waals surface area contributed by atoms with E-state index in [1.807, 2.05) is 0 Å². The van der Waals surface area contributed by atoms with E-state index in [2.05, 4.69) is 5.32 Å². The van der Waals surface area contributed by atoms with Gasteiger partial charge in [0.05, 0.1) is 12.1 Å². The number of fused-ring (bicyclic) bond motifs is 1. The fourth-order valence-electron chi connectivity index (χ4n) is 2.17. The van der Waals surface area contributed by atoms with E-state index in [-0.39, 0.29) is 6.42 Å². The molecule has 1 aromatic carbocycles. The topological polar surface area (TPSA) is 75.4 Å². The van der Waals surface area contributed by atoms with Gasteiger partial charge in [0, 0.05) is 6.42 Å². The molecule has 0 heterocycles. The minimum Gasteiger partial charge on any atom is -0.390 e. The van der Waals surface area contributed by atoms with Crippen molar-refractivity contribution in [2.75, 3.05) is 0 Å². The summed E-state index contributed by atoms with van der Waals surface area (Å²) in [5, 5.41) is 12.1. The third-order valence-electron chi connectivity index (χ3n) is 3.55. The summed E-state index contributed by atoms with van der Waals surface area (Å²) in [5.41, 5.74) is 3.49. The Hall–Kier alpha value is -1.60. The molecular weight excluding hydrogens is 273 g/mol. The molecule has 110 valence electrons. The average molecular weight is 288 g/mol. The molecule has 0 spiro atoms. The number of aliphatic hydroxyl groups is 1. The van der Waals surface area contributed by atoms with Gasteiger partial charge in [0.15, 0.2) is 5.54 Å². The largest absolute Gasteiger partial charge is 0.415 e. The molecule has 1 aliphatic carbocycles. The van der Waals surface area contributed by atoms with Gasteiger partial charge in [-0.15, -0.1) is 0 Å². The van der Waals surface area contributed by atoms with Gasteiger partial charge in [-0.2, -0.15) is 13.2 Å². The lowest BCUT2D eigenvalue weighted by molar-refractivity contribution is -0.188. The molecule has 0 aliphatic heterocycles. The van der Waals surface area contributed by atoms with Crippen LogP contribution >= 0.6 is 0 Å². The smallest absolute Gasteiger partial charge is 0.390 e. The normalized spacial score (nSPS) is 24.9. The van der Waals surface area contributed by atoms with Crippen LogP contribution in [0.4, 0.5) is 13.2 Å². The molecule has 1 aliphatic rings. The zero-order valence-electron chi connectivity index (χ0n) is 10.7. The second kappa shape index (κ2) is 4.75. The van der Waals surface area contributed by atoms with E-state index in [0.29, 0.717) is 12.5 Å². The van der Waals surface area contributed by atoms with Crippen LogP contribution in [0.1, 0.15) is 24.1 Å². The van der Waals surface area contributed by atoms with Gasteiger partial charge in [-0.1, -0.05) is 24.3 Å². The number of carbonyl (C=O) groups is 1. The monoisotopic (exact) mass is 288 g/mol. The Morgan fingerprint density at radius 1 is 1.40 bits per heavy atom. The summed E-state index contributed by atoms with van der Waals surface area (Å²) in [6.45, 7) is 0.607. The molecule has 3 atom stereocenters. The molecule has 20 heavy (non-hydrogen) atoms. The first kappa shape index (κ1) is 14.8. The van der Waals surface area contributed by atoms with E-state index in [4.69, 9.17) is 5.73 Å². The highest BCUT2D eigenvalue weighted by atomic mass is 19.4. The Bertz CT molecular complexity index is 529. The Morgan fingerprint density at radius 2 is 2.00 bits per heavy atom. The van der Waals surface area contributed by atoms with Crippen molar-refractivity contribution in [3.05, 3.63) is 35.4 Å². The Balaban J connectivity index is 2.21. The predicted molar refractivity (Wildman–Crippen MR) is 65.7 cm³/mol. The maximum Gasteiger partial charge on any atom is 0.415 e. The summed E-state index contributed by atoms with van der Waals surface area (Å²) in [6, 6.07) is 6.01. The molecule has 7 heteroatoms. The Morgan fingerprint density at radius 3 is 2.60 bits per heavy atom. The van der Waals surface area contributed by atoms with Crippen LogP contribution in [0.3, 0.4) is 0 Å². The third kappa shape index (κ3) is 2.38. The molecule has 0 bridgehead atoms. The van der Waals surface area contributed by atoms with Crippen molar-refractivity contribution < 1.29 is 23.1 Å². The number of alkyl halides is 3. The number of hydrogen-bond acceptors (Lipinski definition) is 3. The highest BCUT2D eigenvalue weighted by molar-refractivity contribution is 5.87. The molecular formula is C13H15F3N2O2. The Kier molecular flexibility index (Phi) is 3.51. The lowest BCUT2D eigenvalue weighted by atomic mass is 10.00. The second-order valence-electron chi connectivity index (χ2n) is 5.12. The number of carbonyl (C=O) groups excluding carboxylic acids is 1. The summed E-state index contributed by atoms with van der Waals surface area (Å²) < 4.78 is 38.1. The summed E-state index contributed by atoms with van der Waals surface area (Å²) in [4.78, 5) is 11.8. The number of halogens is 3. The Labute approximate surface area is 113 Å². The van der Waals surface area contributed by atoms with E-state index in [0.717, 1.165) is 5.56 Å². The number of nitrogens with one attached hydrogen (secondary N) is 1. The minimum atomic E-state index is -4.86. The number of benzene rings is 1. The molecule has 1 amide bonds. The van der Waals surface area contributed by atoms with Crippen LogP contribution in [-0.4, -0.2) is 28.8 Å². The first-order valence-electron chi connectivity index (χ1n) is 6.07. The summed E-state index contributed by atoms with van der Waals surface area (Å²) in [6.07, 6.45) is -5.53. The van der Waals surface area contributed by atoms with Gasteiger partial charge in [-0.05, 0) is 18.1 Å². The fourth-order valence-corrected chi connectivity index (χ4v) is 2.17. The number of nitrogens with two attached hydrogens (primary N) is 1. The standard InChI is InChI=1S/C13H15F3N2O2/c1-12(17,13(14,15)16)11(20)18-10-8-5-3-2-4-7(8)6-9(10)19/h2-5,9-10,19H,6,17H2,1H3,(H,18,20)/t9-,10+,12?/m1/s1. The lowest BCUT2D eigenvalue weighted by Crippen LogP contribution is -2.62. The molecule has 0 fully saturated rings. The van der Waals surface area contributed by atoms with Crippen molar-refractivity contribution in [3.63, 3.8) is 0 Å². The van der Waals surface area contributed by atoms with E-state index in [9.17, 15) is 23.1 Å². The predicted octanol–water partition coefficient (Wildman–Crippen LogP) is 1.04. The van der Waals surface area contributed by atoms with Crippen molar-refractivity contribution in [3.8, 4) is 0 Å². The van der Waals surface area contributed by atoms with E-state index in [1.165, 1.54) is 0 Å². The molecule has 1 aromatic rings.